The minimum absolute atomic E-state index is 0.140. The number of aliphatic hydroxyl groups excluding tert-OH is 2. The zero-order chi connectivity index (χ0) is 23.4. The second kappa shape index (κ2) is 10.4. The smallest absolute Gasteiger partial charge is 0.255 e. The van der Waals surface area contributed by atoms with Crippen LogP contribution in [0.1, 0.15) is 30.0 Å². The zero-order valence-electron chi connectivity index (χ0n) is 17.6. The van der Waals surface area contributed by atoms with Gasteiger partial charge in [0.05, 0.1) is 6.04 Å². The summed E-state index contributed by atoms with van der Waals surface area (Å²) in [6, 6.07) is 14.3. The molecule has 0 aliphatic carbocycles. The minimum Gasteiger partial charge on any atom is -0.380 e. The molecule has 0 bridgehead atoms. The highest BCUT2D eigenvalue weighted by Crippen LogP contribution is 2.33. The van der Waals surface area contributed by atoms with Crippen LogP contribution in [-0.4, -0.2) is 55.3 Å². The van der Waals surface area contributed by atoms with Crippen molar-refractivity contribution >= 4 is 34.9 Å². The highest BCUT2D eigenvalue weighted by Gasteiger charge is 2.38. The SMILES string of the molecule is O=C(NCc1ccc(-c2csnn2)cc1)[C@H](O)C(O)C(=O)N1CCCC1c1cccc(Cl)c1. The Balaban J connectivity index is 1.34. The molecule has 3 N–H and O–H groups in total. The molecule has 3 atom stereocenters. The third-order valence-corrected chi connectivity index (χ3v) is 6.41. The highest BCUT2D eigenvalue weighted by molar-refractivity contribution is 7.03. The van der Waals surface area contributed by atoms with Gasteiger partial charge in [-0.1, -0.05) is 52.5 Å². The van der Waals surface area contributed by atoms with Crippen molar-refractivity contribution in [1.82, 2.24) is 19.8 Å². The summed E-state index contributed by atoms with van der Waals surface area (Å²) >= 11 is 7.34. The van der Waals surface area contributed by atoms with Crippen LogP contribution in [0.3, 0.4) is 0 Å². The van der Waals surface area contributed by atoms with Crippen LogP contribution in [-0.2, 0) is 16.1 Å². The Kier molecular flexibility index (Phi) is 7.34. The van der Waals surface area contributed by atoms with E-state index < -0.39 is 24.0 Å². The van der Waals surface area contributed by atoms with Gasteiger partial charge >= 0.3 is 0 Å². The number of benzene rings is 2. The highest BCUT2D eigenvalue weighted by atomic mass is 35.5. The average molecular weight is 487 g/mol. The summed E-state index contributed by atoms with van der Waals surface area (Å²) in [5, 5.41) is 29.7. The quantitative estimate of drug-likeness (QED) is 0.472. The van der Waals surface area contributed by atoms with Crippen molar-refractivity contribution < 1.29 is 19.8 Å². The number of halogens is 1. The Morgan fingerprint density at radius 3 is 2.67 bits per heavy atom. The molecule has 1 fully saturated rings. The number of carbonyl (C=O) groups is 2. The predicted octanol–water partition coefficient (Wildman–Crippen LogP) is 2.56. The van der Waals surface area contributed by atoms with Crippen molar-refractivity contribution in [1.29, 1.82) is 0 Å². The molecule has 8 nitrogen and oxygen atoms in total. The molecule has 10 heteroatoms. The predicted molar refractivity (Wildman–Crippen MR) is 124 cm³/mol. The second-order valence-electron chi connectivity index (χ2n) is 7.84. The third-order valence-electron chi connectivity index (χ3n) is 5.67. The van der Waals surface area contributed by atoms with E-state index in [4.69, 9.17) is 11.6 Å². The van der Waals surface area contributed by atoms with Crippen molar-refractivity contribution in [3.05, 3.63) is 70.1 Å². The van der Waals surface area contributed by atoms with Crippen LogP contribution in [0.2, 0.25) is 5.02 Å². The summed E-state index contributed by atoms with van der Waals surface area (Å²) in [7, 11) is 0. The largest absolute Gasteiger partial charge is 0.380 e. The molecule has 1 saturated heterocycles. The van der Waals surface area contributed by atoms with Crippen LogP contribution in [0.25, 0.3) is 11.3 Å². The summed E-state index contributed by atoms with van der Waals surface area (Å²) in [5.74, 6) is -1.50. The van der Waals surface area contributed by atoms with Crippen LogP contribution in [0.4, 0.5) is 0 Å². The number of likely N-dealkylation sites (tertiary alicyclic amines) is 1. The van der Waals surface area contributed by atoms with Gasteiger partial charge < -0.3 is 20.4 Å². The van der Waals surface area contributed by atoms with E-state index in [2.05, 4.69) is 14.9 Å². The van der Waals surface area contributed by atoms with Crippen molar-refractivity contribution in [2.75, 3.05) is 6.54 Å². The fourth-order valence-corrected chi connectivity index (χ4v) is 4.58. The molecule has 0 radical (unpaired) electrons. The number of amides is 2. The average Bonchev–Trinajstić information content (AvgIpc) is 3.54. The Labute approximate surface area is 200 Å². The molecule has 2 amide bonds. The van der Waals surface area contributed by atoms with Gasteiger partial charge in [-0.25, -0.2) is 0 Å². The fourth-order valence-electron chi connectivity index (χ4n) is 3.92. The molecule has 4 rings (SSSR count). The lowest BCUT2D eigenvalue weighted by Gasteiger charge is -2.28. The van der Waals surface area contributed by atoms with Gasteiger partial charge in [-0.2, -0.15) is 0 Å². The molecule has 1 aromatic heterocycles. The molecule has 1 aliphatic heterocycles. The summed E-state index contributed by atoms with van der Waals surface area (Å²) < 4.78 is 3.83. The number of hydrogen-bond acceptors (Lipinski definition) is 7. The lowest BCUT2D eigenvalue weighted by atomic mass is 10.0. The number of aromatic nitrogens is 2. The van der Waals surface area contributed by atoms with Crippen LogP contribution >= 0.6 is 23.1 Å². The lowest BCUT2D eigenvalue weighted by Crippen LogP contribution is -2.50. The van der Waals surface area contributed by atoms with Gasteiger partial charge in [-0.3, -0.25) is 9.59 Å². The van der Waals surface area contributed by atoms with E-state index in [0.29, 0.717) is 18.0 Å². The van der Waals surface area contributed by atoms with E-state index in [-0.39, 0.29) is 12.6 Å². The summed E-state index contributed by atoms with van der Waals surface area (Å²) in [5.41, 5.74) is 3.32. The zero-order valence-corrected chi connectivity index (χ0v) is 19.2. The molecular weight excluding hydrogens is 464 g/mol. The molecule has 2 unspecified atom stereocenters. The molecular formula is C23H23ClN4O4S. The van der Waals surface area contributed by atoms with Crippen molar-refractivity contribution in [2.45, 2.75) is 37.6 Å². The molecule has 0 spiro atoms. The number of nitrogens with zero attached hydrogens (tertiary/aromatic N) is 3. The van der Waals surface area contributed by atoms with Crippen LogP contribution in [0.15, 0.2) is 53.9 Å². The molecule has 3 aromatic rings. The standard InChI is InChI=1S/C23H23ClN4O4S/c24-17-4-1-3-16(11-17)19-5-2-10-28(19)23(32)21(30)20(29)22(31)25-12-14-6-8-15(9-7-14)18-13-33-27-26-18/h1,3-4,6-9,11,13,19-21,29-30H,2,5,10,12H2,(H,25,31)/t19?,20-,21?/m1/s1. The summed E-state index contributed by atoms with van der Waals surface area (Å²) in [4.78, 5) is 26.8. The topological polar surface area (TPSA) is 116 Å². The van der Waals surface area contributed by atoms with Gasteiger partial charge in [0.25, 0.3) is 11.8 Å². The van der Waals surface area contributed by atoms with Crippen molar-refractivity contribution in [3.63, 3.8) is 0 Å². The van der Waals surface area contributed by atoms with Gasteiger partial charge in [0.1, 0.15) is 5.69 Å². The number of hydrogen-bond donors (Lipinski definition) is 3. The van der Waals surface area contributed by atoms with E-state index in [1.165, 1.54) is 16.4 Å². The molecule has 2 heterocycles. The monoisotopic (exact) mass is 486 g/mol. The first-order valence-corrected chi connectivity index (χ1v) is 11.7. The molecule has 33 heavy (non-hydrogen) atoms. The van der Waals surface area contributed by atoms with E-state index >= 15 is 0 Å². The van der Waals surface area contributed by atoms with Gasteiger partial charge in [-0.15, -0.1) is 5.10 Å². The minimum atomic E-state index is -1.88. The van der Waals surface area contributed by atoms with E-state index in [0.717, 1.165) is 28.8 Å². The Hall–Kier alpha value is -2.85. The van der Waals surface area contributed by atoms with Crippen LogP contribution in [0, 0.1) is 0 Å². The van der Waals surface area contributed by atoms with E-state index in [9.17, 15) is 19.8 Å². The van der Waals surface area contributed by atoms with Crippen molar-refractivity contribution in [2.24, 2.45) is 0 Å². The van der Waals surface area contributed by atoms with Crippen LogP contribution in [0.5, 0.6) is 0 Å². The number of rotatable bonds is 7. The van der Waals surface area contributed by atoms with Crippen molar-refractivity contribution in [3.8, 4) is 11.3 Å². The number of nitrogens with one attached hydrogen (secondary N) is 1. The normalized spacial score (nSPS) is 17.5. The number of aliphatic hydroxyl groups is 2. The molecule has 1 aliphatic rings. The third kappa shape index (κ3) is 5.39. The summed E-state index contributed by atoms with van der Waals surface area (Å²) in [6.45, 7) is 0.573. The summed E-state index contributed by atoms with van der Waals surface area (Å²) in [6.07, 6.45) is -2.26. The first-order chi connectivity index (χ1) is 15.9. The maximum atomic E-state index is 12.9. The van der Waals surface area contributed by atoms with E-state index in [1.54, 1.807) is 18.2 Å². The first-order valence-electron chi connectivity index (χ1n) is 10.5. The second-order valence-corrected chi connectivity index (χ2v) is 8.89. The Bertz CT molecular complexity index is 1110. The number of carbonyl (C=O) groups excluding carboxylic acids is 2. The molecule has 2 aromatic carbocycles. The van der Waals surface area contributed by atoms with Crippen LogP contribution < -0.4 is 5.32 Å². The Morgan fingerprint density at radius 2 is 1.97 bits per heavy atom. The fraction of sp³-hybridized carbons (Fsp3) is 0.304. The molecule has 0 saturated carbocycles. The maximum Gasteiger partial charge on any atom is 0.255 e. The lowest BCUT2D eigenvalue weighted by molar-refractivity contribution is -0.153. The van der Waals surface area contributed by atoms with Gasteiger partial charge in [0.15, 0.2) is 12.2 Å². The first kappa shape index (κ1) is 23.3. The molecule has 172 valence electrons. The van der Waals surface area contributed by atoms with E-state index in [1.807, 2.05) is 35.7 Å². The van der Waals surface area contributed by atoms with Gasteiger partial charge in [-0.05, 0) is 47.6 Å². The van der Waals surface area contributed by atoms with Gasteiger partial charge in [0.2, 0.25) is 0 Å². The Morgan fingerprint density at radius 1 is 1.18 bits per heavy atom. The maximum absolute atomic E-state index is 12.9. The van der Waals surface area contributed by atoms with Gasteiger partial charge in [0, 0.05) is 29.1 Å².